The number of fused-ring (bicyclic) bond motifs is 1. The molecule has 0 aliphatic carbocycles. The van der Waals surface area contributed by atoms with Crippen LogP contribution in [0.2, 0.25) is 0 Å². The molecule has 2 heterocycles. The lowest BCUT2D eigenvalue weighted by molar-refractivity contribution is -0.142. The molecule has 0 bridgehead atoms. The summed E-state index contributed by atoms with van der Waals surface area (Å²) in [4.78, 5) is 13.1. The van der Waals surface area contributed by atoms with Crippen molar-refractivity contribution in [2.24, 2.45) is 0 Å². The van der Waals surface area contributed by atoms with E-state index in [4.69, 9.17) is 13.9 Å². The van der Waals surface area contributed by atoms with Gasteiger partial charge in [-0.2, -0.15) is 13.2 Å². The summed E-state index contributed by atoms with van der Waals surface area (Å²) < 4.78 is 53.6. The number of hydrogen-bond acceptors (Lipinski definition) is 4. The summed E-state index contributed by atoms with van der Waals surface area (Å²) >= 11 is 0. The largest absolute Gasteiger partial charge is 0.467 e. The van der Waals surface area contributed by atoms with Gasteiger partial charge in [0.1, 0.15) is 12.3 Å². The molecule has 0 N–H and O–H groups in total. The number of benzene rings is 1. The van der Waals surface area contributed by atoms with Crippen molar-refractivity contribution in [3.8, 4) is 11.5 Å². The summed E-state index contributed by atoms with van der Waals surface area (Å²) in [5.74, 6) is 0.288. The maximum absolute atomic E-state index is 12.8. The highest BCUT2D eigenvalue weighted by atomic mass is 19.4. The molecule has 3 rings (SSSR count). The Hall–Kier alpha value is -2.64. The Bertz CT molecular complexity index is 697. The van der Waals surface area contributed by atoms with Crippen molar-refractivity contribution in [2.45, 2.75) is 12.7 Å². The van der Waals surface area contributed by atoms with E-state index in [-0.39, 0.29) is 24.7 Å². The van der Waals surface area contributed by atoms with E-state index in [0.717, 1.165) is 0 Å². The van der Waals surface area contributed by atoms with Gasteiger partial charge in [-0.3, -0.25) is 4.79 Å². The van der Waals surface area contributed by atoms with E-state index in [1.54, 1.807) is 6.07 Å². The number of nitrogens with zero attached hydrogens (tertiary/aromatic N) is 1. The zero-order valence-corrected chi connectivity index (χ0v) is 11.8. The van der Waals surface area contributed by atoms with E-state index >= 15 is 0 Å². The van der Waals surface area contributed by atoms with Gasteiger partial charge in [-0.15, -0.1) is 0 Å². The molecule has 0 fully saturated rings. The topological polar surface area (TPSA) is 51.9 Å². The first-order valence-electron chi connectivity index (χ1n) is 6.70. The van der Waals surface area contributed by atoms with Crippen molar-refractivity contribution in [3.63, 3.8) is 0 Å². The van der Waals surface area contributed by atoms with Crippen molar-refractivity contribution >= 4 is 5.91 Å². The fourth-order valence-electron chi connectivity index (χ4n) is 2.22. The Morgan fingerprint density at radius 1 is 1.17 bits per heavy atom. The number of carbonyl (C=O) groups excluding carboxylic acids is 1. The smallest absolute Gasteiger partial charge is 0.406 e. The second-order valence-electron chi connectivity index (χ2n) is 4.92. The lowest BCUT2D eigenvalue weighted by Gasteiger charge is -2.23. The van der Waals surface area contributed by atoms with Crippen LogP contribution in [0, 0.1) is 0 Å². The lowest BCUT2D eigenvalue weighted by Crippen LogP contribution is -2.38. The van der Waals surface area contributed by atoms with Crippen LogP contribution in [0.4, 0.5) is 13.2 Å². The minimum atomic E-state index is -4.52. The van der Waals surface area contributed by atoms with Crippen LogP contribution in [0.3, 0.4) is 0 Å². The van der Waals surface area contributed by atoms with Crippen LogP contribution >= 0.6 is 0 Å². The van der Waals surface area contributed by atoms with Gasteiger partial charge in [0.05, 0.1) is 12.8 Å². The van der Waals surface area contributed by atoms with Crippen molar-refractivity contribution in [3.05, 3.63) is 47.9 Å². The van der Waals surface area contributed by atoms with E-state index in [9.17, 15) is 18.0 Å². The zero-order chi connectivity index (χ0) is 16.4. The molecule has 0 radical (unpaired) electrons. The number of amides is 1. The summed E-state index contributed by atoms with van der Waals surface area (Å²) in [6.45, 7) is -1.63. The predicted octanol–water partition coefficient (Wildman–Crippen LogP) is 3.21. The number of alkyl halides is 3. The third-order valence-electron chi connectivity index (χ3n) is 3.20. The summed E-state index contributed by atoms with van der Waals surface area (Å²) in [5.41, 5.74) is 0.0880. The van der Waals surface area contributed by atoms with Crippen LogP contribution in [0.15, 0.2) is 41.0 Å². The van der Waals surface area contributed by atoms with E-state index in [1.165, 1.54) is 30.5 Å². The summed E-state index contributed by atoms with van der Waals surface area (Å²) in [6, 6.07) is 7.33. The predicted molar refractivity (Wildman–Crippen MR) is 72.1 cm³/mol. The van der Waals surface area contributed by atoms with Crippen LogP contribution in [0.5, 0.6) is 11.5 Å². The average molecular weight is 327 g/mol. The highest BCUT2D eigenvalue weighted by molar-refractivity contribution is 5.95. The SMILES string of the molecule is O=C(c1ccc2c(c1)OCO2)N(Cc1ccco1)CC(F)(F)F. The van der Waals surface area contributed by atoms with E-state index in [0.29, 0.717) is 16.4 Å². The Labute approximate surface area is 129 Å². The van der Waals surface area contributed by atoms with Gasteiger partial charge in [-0.25, -0.2) is 0 Å². The highest BCUT2D eigenvalue weighted by Crippen LogP contribution is 2.33. The van der Waals surface area contributed by atoms with Crippen molar-refractivity contribution < 1.29 is 31.9 Å². The molecule has 1 aromatic heterocycles. The fraction of sp³-hybridized carbons (Fsp3) is 0.267. The van der Waals surface area contributed by atoms with Crippen LogP contribution in [0.25, 0.3) is 0 Å². The number of ether oxygens (including phenoxy) is 2. The third kappa shape index (κ3) is 3.58. The number of furan rings is 1. The van der Waals surface area contributed by atoms with Crippen molar-refractivity contribution in [1.29, 1.82) is 0 Å². The molecule has 1 aromatic carbocycles. The van der Waals surface area contributed by atoms with Gasteiger partial charge in [0, 0.05) is 5.56 Å². The molecule has 1 aliphatic heterocycles. The molecular weight excluding hydrogens is 315 g/mol. The van der Waals surface area contributed by atoms with Crippen molar-refractivity contribution in [1.82, 2.24) is 4.90 Å². The van der Waals surface area contributed by atoms with Gasteiger partial charge < -0.3 is 18.8 Å². The summed E-state index contributed by atoms with van der Waals surface area (Å²) in [5, 5.41) is 0. The van der Waals surface area contributed by atoms with E-state index in [1.807, 2.05) is 0 Å². The molecule has 1 amide bonds. The highest BCUT2D eigenvalue weighted by Gasteiger charge is 2.34. The molecular formula is C15H12F3NO4. The summed E-state index contributed by atoms with van der Waals surface area (Å²) in [7, 11) is 0. The quantitative estimate of drug-likeness (QED) is 0.865. The molecule has 0 unspecified atom stereocenters. The van der Waals surface area contributed by atoms with E-state index in [2.05, 4.69) is 0 Å². The van der Waals surface area contributed by atoms with Gasteiger partial charge >= 0.3 is 6.18 Å². The monoisotopic (exact) mass is 327 g/mol. The number of rotatable bonds is 4. The molecule has 0 spiro atoms. The molecule has 0 atom stereocenters. The first kappa shape index (κ1) is 15.3. The van der Waals surface area contributed by atoms with Crippen molar-refractivity contribution in [2.75, 3.05) is 13.3 Å². The second-order valence-corrected chi connectivity index (χ2v) is 4.92. The van der Waals surface area contributed by atoms with Gasteiger partial charge in [-0.05, 0) is 30.3 Å². The molecule has 23 heavy (non-hydrogen) atoms. The Kier molecular flexibility index (Phi) is 3.89. The fourth-order valence-corrected chi connectivity index (χ4v) is 2.22. The number of hydrogen-bond donors (Lipinski definition) is 0. The maximum atomic E-state index is 12.8. The molecule has 8 heteroatoms. The normalized spacial score (nSPS) is 13.2. The lowest BCUT2D eigenvalue weighted by atomic mass is 10.1. The van der Waals surface area contributed by atoms with Gasteiger partial charge in [0.15, 0.2) is 11.5 Å². The standard InChI is InChI=1S/C15H12F3NO4/c16-15(17,18)8-19(7-11-2-1-5-21-11)14(20)10-3-4-12-13(6-10)23-9-22-12/h1-6H,7-9H2. The van der Waals surface area contributed by atoms with Crippen LogP contribution in [-0.2, 0) is 6.54 Å². The molecule has 122 valence electrons. The van der Waals surface area contributed by atoms with Gasteiger partial charge in [0.25, 0.3) is 5.91 Å². The first-order valence-corrected chi connectivity index (χ1v) is 6.70. The van der Waals surface area contributed by atoms with Gasteiger partial charge in [0.2, 0.25) is 6.79 Å². The van der Waals surface area contributed by atoms with Crippen LogP contribution in [-0.4, -0.2) is 30.3 Å². The Morgan fingerprint density at radius 2 is 1.96 bits per heavy atom. The Balaban J connectivity index is 1.84. The minimum absolute atomic E-state index is 0.0195. The maximum Gasteiger partial charge on any atom is 0.406 e. The molecule has 0 saturated carbocycles. The molecule has 2 aromatic rings. The summed E-state index contributed by atoms with van der Waals surface area (Å²) in [6.07, 6.45) is -3.18. The molecule has 0 saturated heterocycles. The number of carbonyl (C=O) groups is 1. The van der Waals surface area contributed by atoms with Gasteiger partial charge in [-0.1, -0.05) is 0 Å². The molecule has 5 nitrogen and oxygen atoms in total. The first-order chi connectivity index (χ1) is 10.9. The van der Waals surface area contributed by atoms with E-state index < -0.39 is 18.6 Å². The zero-order valence-electron chi connectivity index (χ0n) is 11.8. The van der Waals surface area contributed by atoms with Crippen LogP contribution < -0.4 is 9.47 Å². The number of halogens is 3. The molecule has 1 aliphatic rings. The third-order valence-corrected chi connectivity index (χ3v) is 3.20. The Morgan fingerprint density at radius 3 is 2.65 bits per heavy atom. The average Bonchev–Trinajstić information content (AvgIpc) is 3.14. The minimum Gasteiger partial charge on any atom is -0.467 e. The van der Waals surface area contributed by atoms with Crippen LogP contribution in [0.1, 0.15) is 16.1 Å². The second kappa shape index (κ2) is 5.86.